The van der Waals surface area contributed by atoms with Crippen LogP contribution in [-0.2, 0) is 15.8 Å². The number of imide groups is 1. The van der Waals surface area contributed by atoms with E-state index in [1.54, 1.807) is 24.3 Å². The van der Waals surface area contributed by atoms with Crippen LogP contribution < -0.4 is 14.5 Å². The Bertz CT molecular complexity index is 1320. The highest BCUT2D eigenvalue weighted by molar-refractivity contribution is 8.00. The van der Waals surface area contributed by atoms with Crippen molar-refractivity contribution < 1.29 is 27.5 Å². The molecule has 11 heteroatoms. The van der Waals surface area contributed by atoms with E-state index in [9.17, 15) is 27.6 Å². The molecule has 1 N–H and O–H groups in total. The Balaban J connectivity index is 1.65. The number of anilines is 1. The SMILES string of the molecule is COc1ccc([C@H]2c3sc(=O)[nH]c3SC3C(=O)N(c4ccccc4C(F)(F)F)C(=O)C32)cc1. The maximum absolute atomic E-state index is 13.6. The molecular formula is C22H15F3N2O4S2. The summed E-state index contributed by atoms with van der Waals surface area (Å²) in [6.45, 7) is 0. The van der Waals surface area contributed by atoms with Crippen LogP contribution in [0.15, 0.2) is 58.4 Å². The molecule has 3 atom stereocenters. The number of thioether (sulfide) groups is 1. The molecule has 3 aromatic rings. The van der Waals surface area contributed by atoms with Crippen molar-refractivity contribution in [2.75, 3.05) is 12.0 Å². The predicted octanol–water partition coefficient (Wildman–Crippen LogP) is 4.26. The molecule has 2 aromatic carbocycles. The number of H-pyrrole nitrogens is 1. The summed E-state index contributed by atoms with van der Waals surface area (Å²) in [6, 6.07) is 11.4. The minimum absolute atomic E-state index is 0.329. The number of para-hydroxylation sites is 1. The fourth-order valence-corrected chi connectivity index (χ4v) is 6.85. The summed E-state index contributed by atoms with van der Waals surface area (Å²) in [7, 11) is 1.51. The molecule has 2 unspecified atom stereocenters. The summed E-state index contributed by atoms with van der Waals surface area (Å²) in [5.41, 5.74) is -0.880. The standard InChI is InChI=1S/C22H15F3N2O4S2/c1-31-11-8-6-10(7-9-11)14-15-17(32-18-16(14)33-21(30)26-18)20(29)27(19(15)28)13-5-3-2-4-12(13)22(23,24)25/h2-9,14-15,17H,1H3,(H,26,30)/t14-,15?,17?/m1/s1. The van der Waals surface area contributed by atoms with Gasteiger partial charge in [-0.25, -0.2) is 4.90 Å². The average Bonchev–Trinajstić information content (AvgIpc) is 3.28. The largest absolute Gasteiger partial charge is 0.497 e. The molecule has 0 saturated carbocycles. The van der Waals surface area contributed by atoms with Gasteiger partial charge < -0.3 is 9.72 Å². The van der Waals surface area contributed by atoms with E-state index in [0.717, 1.165) is 35.2 Å². The van der Waals surface area contributed by atoms with Crippen LogP contribution in [0.5, 0.6) is 5.75 Å². The van der Waals surface area contributed by atoms with E-state index in [0.29, 0.717) is 26.1 Å². The molecule has 5 rings (SSSR count). The number of benzene rings is 2. The quantitative estimate of drug-likeness (QED) is 0.553. The zero-order chi connectivity index (χ0) is 23.5. The molecule has 2 amide bonds. The first-order valence-electron chi connectivity index (χ1n) is 9.78. The number of ether oxygens (including phenoxy) is 1. The Kier molecular flexibility index (Phi) is 5.13. The highest BCUT2D eigenvalue weighted by atomic mass is 32.2. The number of methoxy groups -OCH3 is 1. The number of rotatable bonds is 3. The van der Waals surface area contributed by atoms with E-state index in [-0.39, 0.29) is 4.87 Å². The first-order chi connectivity index (χ1) is 15.7. The van der Waals surface area contributed by atoms with Crippen molar-refractivity contribution in [3.63, 3.8) is 0 Å². The van der Waals surface area contributed by atoms with Crippen LogP contribution in [-0.4, -0.2) is 29.2 Å². The lowest BCUT2D eigenvalue weighted by Crippen LogP contribution is -2.33. The van der Waals surface area contributed by atoms with Gasteiger partial charge >= 0.3 is 11.0 Å². The maximum Gasteiger partial charge on any atom is 0.418 e. The Hall–Kier alpha value is -3.05. The third-order valence-electron chi connectivity index (χ3n) is 5.75. The molecule has 0 bridgehead atoms. The minimum Gasteiger partial charge on any atom is -0.497 e. The number of halogens is 3. The monoisotopic (exact) mass is 492 g/mol. The van der Waals surface area contributed by atoms with Gasteiger partial charge in [0.05, 0.1) is 29.3 Å². The number of hydrogen-bond donors (Lipinski definition) is 1. The number of nitrogens with one attached hydrogen (secondary N) is 1. The van der Waals surface area contributed by atoms with Gasteiger partial charge in [-0.2, -0.15) is 13.2 Å². The van der Waals surface area contributed by atoms with Gasteiger partial charge in [0.1, 0.15) is 11.0 Å². The molecule has 1 aromatic heterocycles. The second-order valence-corrected chi connectivity index (χ2v) is 9.72. The smallest absolute Gasteiger partial charge is 0.418 e. The van der Waals surface area contributed by atoms with Gasteiger partial charge in [-0.05, 0) is 29.8 Å². The van der Waals surface area contributed by atoms with Crippen molar-refractivity contribution >= 4 is 40.6 Å². The molecule has 170 valence electrons. The Labute approximate surface area is 193 Å². The Morgan fingerprint density at radius 2 is 1.70 bits per heavy atom. The number of hydrogen-bond acceptors (Lipinski definition) is 6. The molecule has 6 nitrogen and oxygen atoms in total. The second kappa shape index (κ2) is 7.77. The van der Waals surface area contributed by atoms with Crippen molar-refractivity contribution in [3.05, 3.63) is 74.2 Å². The molecule has 3 heterocycles. The number of fused-ring (bicyclic) bond motifs is 2. The van der Waals surface area contributed by atoms with E-state index in [4.69, 9.17) is 4.74 Å². The lowest BCUT2D eigenvalue weighted by molar-refractivity contribution is -0.137. The van der Waals surface area contributed by atoms with E-state index >= 15 is 0 Å². The third kappa shape index (κ3) is 3.46. The lowest BCUT2D eigenvalue weighted by Gasteiger charge is -2.29. The van der Waals surface area contributed by atoms with Crippen molar-refractivity contribution in [2.45, 2.75) is 22.4 Å². The molecule has 0 spiro atoms. The van der Waals surface area contributed by atoms with Crippen molar-refractivity contribution in [1.29, 1.82) is 0 Å². The zero-order valence-corrected chi connectivity index (χ0v) is 18.5. The number of aromatic nitrogens is 1. The van der Waals surface area contributed by atoms with Crippen LogP contribution in [0.3, 0.4) is 0 Å². The molecule has 0 radical (unpaired) electrons. The number of carbonyl (C=O) groups excluding carboxylic acids is 2. The minimum atomic E-state index is -4.74. The second-order valence-electron chi connectivity index (χ2n) is 7.55. The van der Waals surface area contributed by atoms with Crippen molar-refractivity contribution in [1.82, 2.24) is 4.98 Å². The summed E-state index contributed by atoms with van der Waals surface area (Å²) in [5, 5.41) is -0.511. The van der Waals surface area contributed by atoms with Crippen LogP contribution in [0.2, 0.25) is 0 Å². The summed E-state index contributed by atoms with van der Waals surface area (Å²) < 4.78 is 46.1. The lowest BCUT2D eigenvalue weighted by atomic mass is 9.83. The van der Waals surface area contributed by atoms with Gasteiger partial charge in [-0.15, -0.1) is 0 Å². The molecule has 1 saturated heterocycles. The number of thiazole rings is 1. The number of aromatic amines is 1. The zero-order valence-electron chi connectivity index (χ0n) is 16.9. The van der Waals surface area contributed by atoms with Crippen LogP contribution in [0.25, 0.3) is 0 Å². The van der Waals surface area contributed by atoms with Crippen molar-refractivity contribution in [2.24, 2.45) is 5.92 Å². The van der Waals surface area contributed by atoms with Gasteiger partial charge in [-0.3, -0.25) is 14.4 Å². The number of alkyl halides is 3. The number of carbonyl (C=O) groups is 2. The molecular weight excluding hydrogens is 477 g/mol. The topological polar surface area (TPSA) is 79.5 Å². The van der Waals surface area contributed by atoms with Gasteiger partial charge in [0.2, 0.25) is 11.8 Å². The van der Waals surface area contributed by atoms with Crippen LogP contribution >= 0.6 is 23.1 Å². The van der Waals surface area contributed by atoms with Gasteiger partial charge in [0, 0.05) is 10.8 Å². The van der Waals surface area contributed by atoms with Crippen LogP contribution in [0.1, 0.15) is 21.9 Å². The first-order valence-corrected chi connectivity index (χ1v) is 11.5. The summed E-state index contributed by atoms with van der Waals surface area (Å²) >= 11 is 1.95. The number of amides is 2. The molecule has 0 aliphatic carbocycles. The Morgan fingerprint density at radius 1 is 1.00 bits per heavy atom. The average molecular weight is 493 g/mol. The van der Waals surface area contributed by atoms with Gasteiger partial charge in [0.15, 0.2) is 0 Å². The van der Waals surface area contributed by atoms with Gasteiger partial charge in [-0.1, -0.05) is 47.4 Å². The molecule has 2 aliphatic heterocycles. The maximum atomic E-state index is 13.6. The first kappa shape index (κ1) is 21.8. The van der Waals surface area contributed by atoms with Crippen LogP contribution in [0, 0.1) is 5.92 Å². The highest BCUT2D eigenvalue weighted by Crippen LogP contribution is 2.54. The molecule has 2 aliphatic rings. The van der Waals surface area contributed by atoms with E-state index < -0.39 is 46.3 Å². The fraction of sp³-hybridized carbons (Fsp3) is 0.227. The summed E-state index contributed by atoms with van der Waals surface area (Å²) in [6.07, 6.45) is -4.74. The predicted molar refractivity (Wildman–Crippen MR) is 117 cm³/mol. The fourth-order valence-electron chi connectivity index (χ4n) is 4.33. The Morgan fingerprint density at radius 3 is 2.36 bits per heavy atom. The summed E-state index contributed by atoms with van der Waals surface area (Å²) in [4.78, 5) is 42.6. The van der Waals surface area contributed by atoms with Crippen LogP contribution in [0.4, 0.5) is 18.9 Å². The summed E-state index contributed by atoms with van der Waals surface area (Å²) in [5.74, 6) is -2.50. The van der Waals surface area contributed by atoms with Crippen molar-refractivity contribution in [3.8, 4) is 5.75 Å². The normalized spacial score (nSPS) is 22.3. The number of nitrogens with zero attached hydrogens (tertiary/aromatic N) is 1. The van der Waals surface area contributed by atoms with Gasteiger partial charge in [0.25, 0.3) is 0 Å². The van der Waals surface area contributed by atoms with E-state index in [2.05, 4.69) is 4.98 Å². The van der Waals surface area contributed by atoms with E-state index in [1.807, 2.05) is 0 Å². The molecule has 1 fully saturated rings. The van der Waals surface area contributed by atoms with E-state index in [1.165, 1.54) is 19.2 Å². The third-order valence-corrected chi connectivity index (χ3v) is 8.15. The highest BCUT2D eigenvalue weighted by Gasteiger charge is 2.57. The molecule has 33 heavy (non-hydrogen) atoms.